The normalized spacial score (nSPS) is 11.9. The Morgan fingerprint density at radius 1 is 0.875 bits per heavy atom. The van der Waals surface area contributed by atoms with Crippen LogP contribution in [0.2, 0.25) is 0 Å². The molecule has 40 heavy (non-hydrogen) atoms. The SMILES string of the molecule is Cc1ccc(S(=O)n2c(-c3cccc(-c4ccc(CN)cc4C)c3)c(-c3ccsc3C#N)c3ccccc32)cc1. The van der Waals surface area contributed by atoms with Gasteiger partial charge in [0.05, 0.1) is 16.1 Å². The molecule has 2 aromatic heterocycles. The number of para-hydroxylation sites is 1. The summed E-state index contributed by atoms with van der Waals surface area (Å²) >= 11 is 1.42. The molecular formula is C34H27N3OS2. The first-order valence-electron chi connectivity index (χ1n) is 13.0. The number of aryl methyl sites for hydroxylation is 2. The lowest BCUT2D eigenvalue weighted by molar-refractivity contribution is 0.679. The molecule has 0 aliphatic heterocycles. The van der Waals surface area contributed by atoms with Gasteiger partial charge in [0.15, 0.2) is 11.0 Å². The maximum atomic E-state index is 14.4. The number of nitriles is 1. The maximum absolute atomic E-state index is 14.4. The Morgan fingerprint density at radius 2 is 1.65 bits per heavy atom. The highest BCUT2D eigenvalue weighted by atomic mass is 32.2. The Labute approximate surface area is 240 Å². The third kappa shape index (κ3) is 4.48. The molecule has 2 N–H and O–H groups in total. The van der Waals surface area contributed by atoms with Crippen molar-refractivity contribution in [3.63, 3.8) is 0 Å². The minimum absolute atomic E-state index is 0.497. The van der Waals surface area contributed by atoms with E-state index in [1.807, 2.05) is 70.9 Å². The molecule has 0 aliphatic carbocycles. The predicted octanol–water partition coefficient (Wildman–Crippen LogP) is 8.22. The van der Waals surface area contributed by atoms with E-state index in [2.05, 4.69) is 55.5 Å². The lowest BCUT2D eigenvalue weighted by atomic mass is 9.94. The second kappa shape index (κ2) is 10.7. The molecule has 0 fully saturated rings. The number of fused-ring (bicyclic) bond motifs is 1. The van der Waals surface area contributed by atoms with Gasteiger partial charge in [0, 0.05) is 28.6 Å². The Hall–Kier alpha value is -4.28. The van der Waals surface area contributed by atoms with E-state index in [4.69, 9.17) is 5.73 Å². The van der Waals surface area contributed by atoms with Gasteiger partial charge in [0.1, 0.15) is 10.9 Å². The van der Waals surface area contributed by atoms with Crippen LogP contribution >= 0.6 is 11.3 Å². The van der Waals surface area contributed by atoms with Gasteiger partial charge in [-0.15, -0.1) is 11.3 Å². The molecule has 4 nitrogen and oxygen atoms in total. The summed E-state index contributed by atoms with van der Waals surface area (Å²) in [5.74, 6) is 0. The van der Waals surface area contributed by atoms with E-state index >= 15 is 0 Å². The molecule has 0 saturated carbocycles. The van der Waals surface area contributed by atoms with Crippen molar-refractivity contribution in [3.05, 3.63) is 124 Å². The number of benzene rings is 4. The zero-order valence-electron chi connectivity index (χ0n) is 22.2. The lowest BCUT2D eigenvalue weighted by Gasteiger charge is -2.15. The molecule has 0 bridgehead atoms. The predicted molar refractivity (Wildman–Crippen MR) is 166 cm³/mol. The van der Waals surface area contributed by atoms with E-state index in [1.165, 1.54) is 11.3 Å². The molecule has 4 aromatic carbocycles. The fourth-order valence-corrected chi connectivity index (χ4v) is 7.25. The van der Waals surface area contributed by atoms with Crippen molar-refractivity contribution in [2.75, 3.05) is 0 Å². The van der Waals surface area contributed by atoms with Crippen molar-refractivity contribution in [2.24, 2.45) is 5.73 Å². The fourth-order valence-electron chi connectivity index (χ4n) is 5.28. The van der Waals surface area contributed by atoms with E-state index in [0.29, 0.717) is 16.3 Å². The number of thiophene rings is 1. The van der Waals surface area contributed by atoms with Crippen LogP contribution in [-0.4, -0.2) is 8.18 Å². The van der Waals surface area contributed by atoms with Crippen molar-refractivity contribution in [3.8, 4) is 39.6 Å². The summed E-state index contributed by atoms with van der Waals surface area (Å²) < 4.78 is 16.3. The standard InChI is InChI=1S/C34H27N3OS2/c1-22-10-13-27(14-11-22)40(38)37-31-9-4-3-8-29(31)33(30-16-17-39-32(30)21-36)34(37)26-7-5-6-25(19-26)28-15-12-24(20-35)18-23(28)2/h3-19H,20,35H2,1-2H3. The maximum Gasteiger partial charge on any atom is 0.157 e. The molecule has 6 heteroatoms. The Kier molecular flexibility index (Phi) is 6.95. The highest BCUT2D eigenvalue weighted by molar-refractivity contribution is 7.83. The van der Waals surface area contributed by atoms with Crippen molar-refractivity contribution >= 4 is 33.2 Å². The van der Waals surface area contributed by atoms with Crippen LogP contribution in [0, 0.1) is 25.2 Å². The van der Waals surface area contributed by atoms with E-state index in [-0.39, 0.29) is 0 Å². The summed E-state index contributed by atoms with van der Waals surface area (Å²) in [6.45, 7) is 4.62. The lowest BCUT2D eigenvalue weighted by Crippen LogP contribution is -2.07. The van der Waals surface area contributed by atoms with Crippen molar-refractivity contribution in [1.29, 1.82) is 5.26 Å². The molecule has 0 aliphatic rings. The van der Waals surface area contributed by atoms with Crippen LogP contribution in [0.15, 0.2) is 107 Å². The van der Waals surface area contributed by atoms with Gasteiger partial charge < -0.3 is 5.73 Å². The van der Waals surface area contributed by atoms with Gasteiger partial charge in [-0.2, -0.15) is 5.26 Å². The van der Waals surface area contributed by atoms with Crippen LogP contribution < -0.4 is 5.73 Å². The third-order valence-electron chi connectivity index (χ3n) is 7.23. The molecular weight excluding hydrogens is 531 g/mol. The first-order valence-corrected chi connectivity index (χ1v) is 15.0. The molecule has 1 atom stereocenters. The number of hydrogen-bond acceptors (Lipinski definition) is 4. The summed E-state index contributed by atoms with van der Waals surface area (Å²) in [5.41, 5.74) is 15.8. The third-order valence-corrected chi connectivity index (χ3v) is 9.44. The van der Waals surface area contributed by atoms with Crippen molar-refractivity contribution in [1.82, 2.24) is 3.97 Å². The topological polar surface area (TPSA) is 71.8 Å². The van der Waals surface area contributed by atoms with E-state index in [0.717, 1.165) is 61.1 Å². The fraction of sp³-hybridized carbons (Fsp3) is 0.0882. The number of rotatable bonds is 6. The summed E-state index contributed by atoms with van der Waals surface area (Å²) in [7, 11) is -1.53. The number of aromatic nitrogens is 1. The average molecular weight is 558 g/mol. The second-order valence-corrected chi connectivity index (χ2v) is 12.1. The van der Waals surface area contributed by atoms with E-state index in [1.54, 1.807) is 0 Å². The first kappa shape index (κ1) is 26.0. The van der Waals surface area contributed by atoms with Crippen LogP contribution in [0.1, 0.15) is 21.6 Å². The van der Waals surface area contributed by atoms with E-state index < -0.39 is 11.0 Å². The Morgan fingerprint density at radius 3 is 2.40 bits per heavy atom. The largest absolute Gasteiger partial charge is 0.326 e. The van der Waals surface area contributed by atoms with Crippen LogP contribution in [-0.2, 0) is 17.5 Å². The van der Waals surface area contributed by atoms with Crippen LogP contribution in [0.4, 0.5) is 0 Å². The van der Waals surface area contributed by atoms with Crippen molar-refractivity contribution in [2.45, 2.75) is 25.3 Å². The quantitative estimate of drug-likeness (QED) is 0.224. The molecule has 0 amide bonds. The zero-order valence-corrected chi connectivity index (χ0v) is 23.9. The molecule has 1 unspecified atom stereocenters. The van der Waals surface area contributed by atoms with Crippen LogP contribution in [0.3, 0.4) is 0 Å². The number of hydrogen-bond donors (Lipinski definition) is 1. The zero-order chi connectivity index (χ0) is 27.8. The van der Waals surface area contributed by atoms with Crippen LogP contribution in [0.25, 0.3) is 44.4 Å². The van der Waals surface area contributed by atoms with Gasteiger partial charge in [0.2, 0.25) is 0 Å². The summed E-state index contributed by atoms with van der Waals surface area (Å²) in [5, 5.41) is 12.9. The minimum atomic E-state index is -1.53. The van der Waals surface area contributed by atoms with E-state index in [9.17, 15) is 9.47 Å². The Bertz CT molecular complexity index is 1940. The minimum Gasteiger partial charge on any atom is -0.326 e. The second-order valence-electron chi connectivity index (χ2n) is 9.81. The number of nitrogens with zero attached hydrogens (tertiary/aromatic N) is 2. The highest BCUT2D eigenvalue weighted by Crippen LogP contribution is 2.45. The number of nitrogens with two attached hydrogens (primary N) is 1. The smallest absolute Gasteiger partial charge is 0.157 e. The van der Waals surface area contributed by atoms with Crippen molar-refractivity contribution < 1.29 is 4.21 Å². The summed E-state index contributed by atoms with van der Waals surface area (Å²) in [6, 6.07) is 34.9. The van der Waals surface area contributed by atoms with Gasteiger partial charge in [0.25, 0.3) is 0 Å². The first-order chi connectivity index (χ1) is 19.5. The summed E-state index contributed by atoms with van der Waals surface area (Å²) in [4.78, 5) is 1.35. The molecule has 6 aromatic rings. The van der Waals surface area contributed by atoms with Gasteiger partial charge in [-0.05, 0) is 71.8 Å². The molecule has 0 radical (unpaired) electrons. The summed E-state index contributed by atoms with van der Waals surface area (Å²) in [6.07, 6.45) is 0. The highest BCUT2D eigenvalue weighted by Gasteiger charge is 2.26. The average Bonchev–Trinajstić information content (AvgIpc) is 3.59. The van der Waals surface area contributed by atoms with Gasteiger partial charge in [-0.25, -0.2) is 4.21 Å². The van der Waals surface area contributed by atoms with Crippen LogP contribution in [0.5, 0.6) is 0 Å². The molecule has 0 saturated heterocycles. The van der Waals surface area contributed by atoms with Gasteiger partial charge >= 0.3 is 0 Å². The molecule has 196 valence electrons. The Balaban J connectivity index is 1.67. The monoisotopic (exact) mass is 557 g/mol. The molecule has 0 spiro atoms. The molecule has 6 rings (SSSR count). The molecule has 2 heterocycles. The van der Waals surface area contributed by atoms with Gasteiger partial charge in [-0.1, -0.05) is 72.3 Å². The van der Waals surface area contributed by atoms with Gasteiger partial charge in [-0.3, -0.25) is 3.97 Å².